The van der Waals surface area contributed by atoms with Gasteiger partial charge in [-0.2, -0.15) is 10.2 Å². The fourth-order valence-electron chi connectivity index (χ4n) is 3.82. The highest BCUT2D eigenvalue weighted by atomic mass is 16.1. The Morgan fingerprint density at radius 1 is 1.06 bits per heavy atom. The Morgan fingerprint density at radius 3 is 2.71 bits per heavy atom. The van der Waals surface area contributed by atoms with E-state index in [9.17, 15) is 4.79 Å². The molecule has 0 bridgehead atoms. The Labute approximate surface area is 183 Å². The van der Waals surface area contributed by atoms with Crippen LogP contribution >= 0.6 is 0 Å². The summed E-state index contributed by atoms with van der Waals surface area (Å²) in [6.45, 7) is -0.320. The van der Waals surface area contributed by atoms with Crippen molar-refractivity contribution in [1.82, 2.24) is 34.4 Å². The van der Waals surface area contributed by atoms with Gasteiger partial charge in [0.1, 0.15) is 5.82 Å². The molecule has 1 N–H and O–H groups in total. The molecule has 4 aromatic rings. The SMILES string of the molecule is [2H]C([2H])([2H])n1cc(-c2cc3cc(NC(=O)c4cnn(C5CCN(C)CC5)c4)ncc3cn2)cn1. The first-order chi connectivity index (χ1) is 16.3. The van der Waals surface area contributed by atoms with E-state index in [0.29, 0.717) is 28.7 Å². The molecule has 0 aliphatic carbocycles. The van der Waals surface area contributed by atoms with Crippen LogP contribution in [0.3, 0.4) is 0 Å². The lowest BCUT2D eigenvalue weighted by atomic mass is 10.1. The molecule has 1 aliphatic rings. The summed E-state index contributed by atoms with van der Waals surface area (Å²) in [6.07, 6.45) is 11.6. The minimum Gasteiger partial charge on any atom is -0.306 e. The van der Waals surface area contributed by atoms with Crippen LogP contribution in [-0.4, -0.2) is 60.5 Å². The smallest absolute Gasteiger partial charge is 0.260 e. The number of carbonyl (C=O) groups is 1. The lowest BCUT2D eigenvalue weighted by molar-refractivity contribution is 0.102. The van der Waals surface area contributed by atoms with Crippen LogP contribution in [-0.2, 0) is 6.98 Å². The molecule has 0 radical (unpaired) electrons. The number of hydrogen-bond acceptors (Lipinski definition) is 6. The molecule has 9 nitrogen and oxygen atoms in total. The monoisotopic (exact) mass is 419 g/mol. The highest BCUT2D eigenvalue weighted by molar-refractivity contribution is 6.04. The van der Waals surface area contributed by atoms with E-state index in [4.69, 9.17) is 4.11 Å². The number of anilines is 1. The normalized spacial score (nSPS) is 17.3. The molecule has 158 valence electrons. The number of nitrogens with zero attached hydrogens (tertiary/aromatic N) is 7. The summed E-state index contributed by atoms with van der Waals surface area (Å²) in [6, 6.07) is 3.87. The van der Waals surface area contributed by atoms with E-state index in [2.05, 4.69) is 37.4 Å². The number of likely N-dealkylation sites (tertiary alicyclic amines) is 1. The third-order valence-electron chi connectivity index (χ3n) is 5.65. The standard InChI is InChI=1S/C22H24N8O/c1-28-5-3-19(4-6-28)30-14-18(12-26-30)22(31)27-21-8-15-7-20(17-11-25-29(2)13-17)23-9-16(15)10-24-21/h7-14,19H,3-6H2,1-2H3,(H,24,27,31)/i2D3. The Hall–Kier alpha value is -3.59. The number of rotatable bonds is 4. The van der Waals surface area contributed by atoms with E-state index in [0.717, 1.165) is 41.4 Å². The van der Waals surface area contributed by atoms with E-state index < -0.39 is 6.98 Å². The van der Waals surface area contributed by atoms with Gasteiger partial charge in [-0.3, -0.25) is 19.1 Å². The summed E-state index contributed by atoms with van der Waals surface area (Å²) in [7, 11) is 2.11. The largest absolute Gasteiger partial charge is 0.306 e. The van der Waals surface area contributed by atoms with Gasteiger partial charge in [0.05, 0.1) is 29.7 Å². The van der Waals surface area contributed by atoms with Gasteiger partial charge in [0.25, 0.3) is 5.91 Å². The summed E-state index contributed by atoms with van der Waals surface area (Å²) in [5.74, 6) is 0.124. The second kappa shape index (κ2) is 7.92. The highest BCUT2D eigenvalue weighted by Gasteiger charge is 2.20. The van der Waals surface area contributed by atoms with Gasteiger partial charge in [-0.1, -0.05) is 0 Å². The van der Waals surface area contributed by atoms with Gasteiger partial charge in [-0.15, -0.1) is 0 Å². The predicted molar refractivity (Wildman–Crippen MR) is 118 cm³/mol. The molecule has 0 spiro atoms. The van der Waals surface area contributed by atoms with Crippen LogP contribution in [0.4, 0.5) is 5.82 Å². The second-order valence-electron chi connectivity index (χ2n) is 7.86. The van der Waals surface area contributed by atoms with E-state index in [1.807, 2.05) is 10.7 Å². The lowest BCUT2D eigenvalue weighted by Gasteiger charge is -2.28. The van der Waals surface area contributed by atoms with Gasteiger partial charge >= 0.3 is 0 Å². The maximum absolute atomic E-state index is 12.8. The Morgan fingerprint density at radius 2 is 1.90 bits per heavy atom. The Balaban J connectivity index is 1.33. The number of hydrogen-bond donors (Lipinski definition) is 1. The average molecular weight is 420 g/mol. The van der Waals surface area contributed by atoms with Crippen molar-refractivity contribution in [2.75, 3.05) is 25.5 Å². The highest BCUT2D eigenvalue weighted by Crippen LogP contribution is 2.24. The number of aromatic nitrogens is 6. The van der Waals surface area contributed by atoms with Crippen molar-refractivity contribution in [3.63, 3.8) is 0 Å². The topological polar surface area (TPSA) is 93.8 Å². The zero-order valence-corrected chi connectivity index (χ0v) is 17.1. The van der Waals surface area contributed by atoms with Crippen LogP contribution < -0.4 is 5.32 Å². The first-order valence-corrected chi connectivity index (χ1v) is 10.1. The summed E-state index contributed by atoms with van der Waals surface area (Å²) in [5, 5.41) is 12.7. The van der Waals surface area contributed by atoms with E-state index >= 15 is 0 Å². The fraction of sp³-hybridized carbons (Fsp3) is 0.318. The molecule has 9 heteroatoms. The fourth-order valence-corrected chi connectivity index (χ4v) is 3.82. The van der Waals surface area contributed by atoms with Gasteiger partial charge in [-0.25, -0.2) is 4.98 Å². The van der Waals surface area contributed by atoms with Crippen LogP contribution in [0.2, 0.25) is 0 Å². The van der Waals surface area contributed by atoms with E-state index in [1.54, 1.807) is 30.9 Å². The maximum Gasteiger partial charge on any atom is 0.260 e. The van der Waals surface area contributed by atoms with Gasteiger partial charge in [-0.05, 0) is 50.5 Å². The molecule has 0 aromatic carbocycles. The molecular formula is C22H24N8O. The van der Waals surface area contributed by atoms with Crippen LogP contribution in [0.15, 0.2) is 49.3 Å². The Kier molecular flexibility index (Phi) is 4.12. The van der Waals surface area contributed by atoms with E-state index in [1.165, 1.54) is 12.4 Å². The summed E-state index contributed by atoms with van der Waals surface area (Å²) >= 11 is 0. The first kappa shape index (κ1) is 16.1. The molecule has 1 saturated heterocycles. The number of piperidine rings is 1. The molecule has 1 amide bonds. The minimum atomic E-state index is -2.35. The predicted octanol–water partition coefficient (Wildman–Crippen LogP) is 2.75. The van der Waals surface area contributed by atoms with Gasteiger partial charge < -0.3 is 10.2 Å². The van der Waals surface area contributed by atoms with Crippen LogP contribution in [0.5, 0.6) is 0 Å². The molecule has 0 atom stereocenters. The van der Waals surface area contributed by atoms with Gasteiger partial charge in [0.2, 0.25) is 0 Å². The molecule has 0 saturated carbocycles. The van der Waals surface area contributed by atoms with Crippen molar-refractivity contribution in [1.29, 1.82) is 0 Å². The van der Waals surface area contributed by atoms with Crippen molar-refractivity contribution in [2.45, 2.75) is 18.9 Å². The van der Waals surface area contributed by atoms with Gasteiger partial charge in [0, 0.05) is 46.8 Å². The van der Waals surface area contributed by atoms with Crippen molar-refractivity contribution >= 4 is 22.5 Å². The zero-order valence-electron chi connectivity index (χ0n) is 20.1. The molecule has 31 heavy (non-hydrogen) atoms. The van der Waals surface area contributed by atoms with Crippen LogP contribution in [0.25, 0.3) is 22.0 Å². The van der Waals surface area contributed by atoms with Crippen LogP contribution in [0, 0.1) is 0 Å². The summed E-state index contributed by atoms with van der Waals surface area (Å²) in [4.78, 5) is 23.8. The van der Waals surface area contributed by atoms with Crippen molar-refractivity contribution in [2.24, 2.45) is 6.98 Å². The number of aryl methyl sites for hydroxylation is 1. The molecule has 4 aromatic heterocycles. The van der Waals surface area contributed by atoms with Crippen LogP contribution in [0.1, 0.15) is 33.4 Å². The lowest BCUT2D eigenvalue weighted by Crippen LogP contribution is -2.31. The van der Waals surface area contributed by atoms with E-state index in [-0.39, 0.29) is 5.91 Å². The third-order valence-corrected chi connectivity index (χ3v) is 5.65. The summed E-state index contributed by atoms with van der Waals surface area (Å²) in [5.41, 5.74) is 1.64. The Bertz CT molecular complexity index is 1340. The number of carbonyl (C=O) groups excluding carboxylic acids is 1. The molecular weight excluding hydrogens is 392 g/mol. The number of amides is 1. The molecule has 1 aliphatic heterocycles. The number of fused-ring (bicyclic) bond motifs is 1. The first-order valence-electron chi connectivity index (χ1n) is 11.6. The third kappa shape index (κ3) is 4.04. The van der Waals surface area contributed by atoms with Gasteiger partial charge in [0.15, 0.2) is 0 Å². The molecule has 5 rings (SSSR count). The quantitative estimate of drug-likeness (QED) is 0.547. The average Bonchev–Trinajstić information content (AvgIpc) is 3.49. The molecule has 5 heterocycles. The number of pyridine rings is 2. The maximum atomic E-state index is 12.8. The second-order valence-corrected chi connectivity index (χ2v) is 7.86. The minimum absolute atomic E-state index is 0.278. The zero-order chi connectivity index (χ0) is 23.9. The molecule has 1 fully saturated rings. The van der Waals surface area contributed by atoms with Crippen molar-refractivity contribution in [3.05, 3.63) is 54.9 Å². The van der Waals surface area contributed by atoms with Crippen molar-refractivity contribution in [3.8, 4) is 11.3 Å². The molecule has 0 unspecified atom stereocenters. The summed E-state index contributed by atoms with van der Waals surface area (Å²) < 4.78 is 25.2. The number of nitrogens with one attached hydrogen (secondary N) is 1. The van der Waals surface area contributed by atoms with Crippen molar-refractivity contribution < 1.29 is 8.91 Å².